The van der Waals surface area contributed by atoms with Gasteiger partial charge < -0.3 is 5.32 Å². The van der Waals surface area contributed by atoms with Crippen molar-refractivity contribution in [3.63, 3.8) is 0 Å². The predicted octanol–water partition coefficient (Wildman–Crippen LogP) is 0.767. The third-order valence-electron chi connectivity index (χ3n) is 2.17. The Labute approximate surface area is 110 Å². The molecule has 0 saturated heterocycles. The fourth-order valence-electron chi connectivity index (χ4n) is 1.28. The molecule has 0 aliphatic rings. The number of carbonyl (C=O) groups excluding carboxylic acids is 1. The van der Waals surface area contributed by atoms with E-state index in [2.05, 4.69) is 25.5 Å². The molecule has 2 aromatic heterocycles. The molecule has 0 bridgehead atoms. The Morgan fingerprint density at radius 2 is 2.39 bits per heavy atom. The Kier molecular flexibility index (Phi) is 3.82. The fraction of sp³-hybridized carbons (Fsp3) is 0.333. The first kappa shape index (κ1) is 12.8. The summed E-state index contributed by atoms with van der Waals surface area (Å²) in [5.74, 6) is 0.0940. The van der Waals surface area contributed by atoms with Gasteiger partial charge in [0.15, 0.2) is 5.82 Å². The maximum Gasteiger partial charge on any atom is 0.340 e. The smallest absolute Gasteiger partial charge is 0.340 e. The van der Waals surface area contributed by atoms with Crippen LogP contribution in [0.25, 0.3) is 0 Å². The minimum atomic E-state index is -0.399. The van der Waals surface area contributed by atoms with Crippen LogP contribution in [0.5, 0.6) is 0 Å². The zero-order valence-electron chi connectivity index (χ0n) is 9.68. The highest BCUT2D eigenvalue weighted by Crippen LogP contribution is 2.20. The summed E-state index contributed by atoms with van der Waals surface area (Å²) in [6, 6.07) is -0.393. The van der Waals surface area contributed by atoms with Crippen molar-refractivity contribution < 1.29 is 4.79 Å². The highest BCUT2D eigenvalue weighted by atomic mass is 32.2. The number of nitrogens with zero attached hydrogens (tertiary/aromatic N) is 2. The summed E-state index contributed by atoms with van der Waals surface area (Å²) >= 11 is 2.90. The molecule has 0 spiro atoms. The first-order chi connectivity index (χ1) is 8.60. The molecule has 0 radical (unpaired) electrons. The van der Waals surface area contributed by atoms with Crippen LogP contribution < -0.4 is 11.0 Å². The molecular weight excluding hydrogens is 274 g/mol. The molecule has 0 aliphatic carbocycles. The summed E-state index contributed by atoms with van der Waals surface area (Å²) in [5, 5.41) is 10.4. The molecule has 1 atom stereocenters. The predicted molar refractivity (Wildman–Crippen MR) is 69.0 cm³/mol. The van der Waals surface area contributed by atoms with Gasteiger partial charge >= 0.3 is 5.69 Å². The molecule has 96 valence electrons. The van der Waals surface area contributed by atoms with E-state index < -0.39 is 11.7 Å². The van der Waals surface area contributed by atoms with Gasteiger partial charge in [0.2, 0.25) is 0 Å². The number of carbonyl (C=O) groups is 1. The highest BCUT2D eigenvalue weighted by Gasteiger charge is 2.16. The topological polar surface area (TPSA) is 104 Å². The molecule has 0 aliphatic heterocycles. The van der Waals surface area contributed by atoms with Gasteiger partial charge in [-0.2, -0.15) is 5.10 Å². The van der Waals surface area contributed by atoms with Gasteiger partial charge in [-0.25, -0.2) is 14.9 Å². The number of aromatic nitrogens is 4. The van der Waals surface area contributed by atoms with E-state index in [1.807, 2.05) is 6.26 Å². The summed E-state index contributed by atoms with van der Waals surface area (Å²) in [6.45, 7) is 1.73. The van der Waals surface area contributed by atoms with E-state index in [-0.39, 0.29) is 5.91 Å². The molecule has 3 N–H and O–H groups in total. The number of rotatable bonds is 4. The Morgan fingerprint density at radius 3 is 2.94 bits per heavy atom. The van der Waals surface area contributed by atoms with Crippen molar-refractivity contribution in [2.24, 2.45) is 0 Å². The molecule has 0 unspecified atom stereocenters. The second-order valence-corrected chi connectivity index (χ2v) is 5.37. The molecular formula is C9H11N5O2S2. The van der Waals surface area contributed by atoms with Gasteiger partial charge in [0.25, 0.3) is 5.91 Å². The lowest BCUT2D eigenvalue weighted by Gasteiger charge is -2.08. The largest absolute Gasteiger partial charge is 0.341 e. The van der Waals surface area contributed by atoms with E-state index in [1.165, 1.54) is 23.1 Å². The monoisotopic (exact) mass is 285 g/mol. The van der Waals surface area contributed by atoms with Gasteiger partial charge in [-0.05, 0) is 13.2 Å². The van der Waals surface area contributed by atoms with Crippen LogP contribution in [0.3, 0.4) is 0 Å². The van der Waals surface area contributed by atoms with Gasteiger partial charge in [-0.15, -0.1) is 11.3 Å². The average Bonchev–Trinajstić information content (AvgIpc) is 2.97. The first-order valence-corrected chi connectivity index (χ1v) is 7.15. The average molecular weight is 285 g/mol. The zero-order valence-corrected chi connectivity index (χ0v) is 11.3. The standard InChI is InChI=1S/C9H11N5O2S2/c1-4(6-12-8(16)14-13-6)10-7(15)5-3-18-9(11-5)17-2/h3-4H,1-2H3,(H,10,15)(H2,12,13,14,16)/t4-/m1/s1. The maximum atomic E-state index is 11.9. The van der Waals surface area contributed by atoms with E-state index in [1.54, 1.807) is 12.3 Å². The molecule has 7 nitrogen and oxygen atoms in total. The second kappa shape index (κ2) is 5.36. The number of aromatic amines is 2. The van der Waals surface area contributed by atoms with Gasteiger partial charge in [-0.3, -0.25) is 9.78 Å². The SMILES string of the molecule is CSc1nc(C(=O)N[C@H](C)c2n[nH]c(=O)[nH]2)cs1. The second-order valence-electron chi connectivity index (χ2n) is 3.46. The van der Waals surface area contributed by atoms with Crippen LogP contribution in [0.4, 0.5) is 0 Å². The normalized spacial score (nSPS) is 12.3. The van der Waals surface area contributed by atoms with Crippen molar-refractivity contribution in [3.8, 4) is 0 Å². The van der Waals surface area contributed by atoms with Crippen molar-refractivity contribution in [2.75, 3.05) is 6.26 Å². The molecule has 2 rings (SSSR count). The number of H-pyrrole nitrogens is 2. The quantitative estimate of drug-likeness (QED) is 0.720. The Balaban J connectivity index is 2.05. The summed E-state index contributed by atoms with van der Waals surface area (Å²) in [5.41, 5.74) is -0.0292. The number of hydrogen-bond acceptors (Lipinski definition) is 6. The van der Waals surface area contributed by atoms with Crippen LogP contribution in [0.2, 0.25) is 0 Å². The molecule has 0 fully saturated rings. The van der Waals surface area contributed by atoms with Gasteiger partial charge in [0, 0.05) is 5.38 Å². The summed E-state index contributed by atoms with van der Waals surface area (Å²) in [6.07, 6.45) is 1.90. The molecule has 2 heterocycles. The van der Waals surface area contributed by atoms with Gasteiger partial charge in [-0.1, -0.05) is 11.8 Å². The number of amides is 1. The number of nitrogens with one attached hydrogen (secondary N) is 3. The van der Waals surface area contributed by atoms with Gasteiger partial charge in [0.05, 0.1) is 6.04 Å². The fourth-order valence-corrected chi connectivity index (χ4v) is 2.52. The Morgan fingerprint density at radius 1 is 1.61 bits per heavy atom. The zero-order chi connectivity index (χ0) is 13.1. The third-order valence-corrected chi connectivity index (χ3v) is 4.03. The van der Waals surface area contributed by atoms with E-state index in [9.17, 15) is 9.59 Å². The lowest BCUT2D eigenvalue weighted by Crippen LogP contribution is -2.27. The number of hydrogen-bond donors (Lipinski definition) is 3. The van der Waals surface area contributed by atoms with Gasteiger partial charge in [0.1, 0.15) is 10.0 Å². The molecule has 1 amide bonds. The van der Waals surface area contributed by atoms with Crippen LogP contribution in [0.15, 0.2) is 14.5 Å². The number of thioether (sulfide) groups is 1. The summed E-state index contributed by atoms with van der Waals surface area (Å²) in [4.78, 5) is 29.4. The molecule has 0 aromatic carbocycles. The molecule has 18 heavy (non-hydrogen) atoms. The van der Waals surface area contributed by atoms with E-state index in [0.29, 0.717) is 11.5 Å². The molecule has 0 saturated carbocycles. The van der Waals surface area contributed by atoms with Crippen LogP contribution >= 0.6 is 23.1 Å². The van der Waals surface area contributed by atoms with Crippen LogP contribution in [-0.2, 0) is 0 Å². The van der Waals surface area contributed by atoms with E-state index in [4.69, 9.17) is 0 Å². The summed E-state index contributed by atoms with van der Waals surface area (Å²) < 4.78 is 0.834. The molecule has 2 aromatic rings. The third kappa shape index (κ3) is 2.79. The van der Waals surface area contributed by atoms with E-state index >= 15 is 0 Å². The Bertz CT molecular complexity index is 602. The van der Waals surface area contributed by atoms with Crippen LogP contribution in [0.1, 0.15) is 29.3 Å². The van der Waals surface area contributed by atoms with Crippen molar-refractivity contribution in [1.82, 2.24) is 25.5 Å². The lowest BCUT2D eigenvalue weighted by molar-refractivity contribution is 0.0933. The van der Waals surface area contributed by atoms with Crippen molar-refractivity contribution >= 4 is 29.0 Å². The van der Waals surface area contributed by atoms with Crippen LogP contribution in [0, 0.1) is 0 Å². The van der Waals surface area contributed by atoms with Crippen molar-refractivity contribution in [1.29, 1.82) is 0 Å². The first-order valence-electron chi connectivity index (χ1n) is 5.05. The van der Waals surface area contributed by atoms with Crippen molar-refractivity contribution in [3.05, 3.63) is 27.4 Å². The summed E-state index contributed by atoms with van der Waals surface area (Å²) in [7, 11) is 0. The maximum absolute atomic E-state index is 11.9. The lowest BCUT2D eigenvalue weighted by atomic mass is 10.3. The van der Waals surface area contributed by atoms with Crippen LogP contribution in [-0.4, -0.2) is 32.3 Å². The number of thiazole rings is 1. The Hall–Kier alpha value is -1.61. The van der Waals surface area contributed by atoms with Crippen molar-refractivity contribution in [2.45, 2.75) is 17.3 Å². The minimum absolute atomic E-state index is 0.289. The van der Waals surface area contributed by atoms with E-state index in [0.717, 1.165) is 4.34 Å². The minimum Gasteiger partial charge on any atom is -0.341 e. The highest BCUT2D eigenvalue weighted by molar-refractivity contribution is 8.00. The molecule has 9 heteroatoms.